The Morgan fingerprint density at radius 1 is 1.50 bits per heavy atom. The molecule has 1 atom stereocenters. The van der Waals surface area contributed by atoms with E-state index < -0.39 is 6.10 Å². The molecule has 4 heteroatoms. The summed E-state index contributed by atoms with van der Waals surface area (Å²) in [6.07, 6.45) is -0.888. The largest absolute Gasteiger partial charge is 0.491 e. The molecule has 0 aliphatic rings. The zero-order valence-corrected chi connectivity index (χ0v) is 7.55. The third-order valence-electron chi connectivity index (χ3n) is 1.62. The predicted molar refractivity (Wildman–Crippen MR) is 49.7 cm³/mol. The third kappa shape index (κ3) is 3.05. The van der Waals surface area contributed by atoms with Gasteiger partial charge in [-0.2, -0.15) is 5.26 Å². The number of aliphatic hydroxyl groups is 2. The van der Waals surface area contributed by atoms with E-state index in [-0.39, 0.29) is 13.2 Å². The molecule has 1 unspecified atom stereocenters. The summed E-state index contributed by atoms with van der Waals surface area (Å²) >= 11 is 0. The summed E-state index contributed by atoms with van der Waals surface area (Å²) in [6.45, 7) is -0.316. The van der Waals surface area contributed by atoms with Gasteiger partial charge in [-0.25, -0.2) is 0 Å². The lowest BCUT2D eigenvalue weighted by Gasteiger charge is -2.09. The van der Waals surface area contributed by atoms with Crippen LogP contribution < -0.4 is 4.74 Å². The van der Waals surface area contributed by atoms with Crippen molar-refractivity contribution in [2.45, 2.75) is 6.10 Å². The second kappa shape index (κ2) is 5.22. The molecule has 0 amide bonds. The fourth-order valence-electron chi connectivity index (χ4n) is 0.901. The molecular weight excluding hydrogens is 182 g/mol. The first-order chi connectivity index (χ1) is 6.76. The predicted octanol–water partition coefficient (Wildman–Crippen LogP) is 0.290. The molecule has 0 aliphatic heterocycles. The van der Waals surface area contributed by atoms with Gasteiger partial charge in [-0.3, -0.25) is 0 Å². The van der Waals surface area contributed by atoms with Crippen molar-refractivity contribution in [2.24, 2.45) is 0 Å². The molecule has 1 aromatic rings. The molecule has 0 heterocycles. The maximum atomic E-state index is 9.01. The summed E-state index contributed by atoms with van der Waals surface area (Å²) in [5, 5.41) is 26.1. The Balaban J connectivity index is 2.55. The minimum Gasteiger partial charge on any atom is -0.491 e. The highest BCUT2D eigenvalue weighted by Crippen LogP contribution is 2.12. The van der Waals surface area contributed by atoms with Gasteiger partial charge in [0.1, 0.15) is 18.5 Å². The Morgan fingerprint density at radius 2 is 2.29 bits per heavy atom. The van der Waals surface area contributed by atoms with Gasteiger partial charge in [0, 0.05) is 0 Å². The van der Waals surface area contributed by atoms with E-state index in [1.807, 2.05) is 6.07 Å². The topological polar surface area (TPSA) is 73.5 Å². The molecule has 0 radical (unpaired) electrons. The van der Waals surface area contributed by atoms with Crippen molar-refractivity contribution < 1.29 is 14.9 Å². The lowest BCUT2D eigenvalue weighted by Crippen LogP contribution is -2.21. The monoisotopic (exact) mass is 193 g/mol. The van der Waals surface area contributed by atoms with Gasteiger partial charge in [-0.05, 0) is 18.2 Å². The van der Waals surface area contributed by atoms with Crippen LogP contribution in [0.5, 0.6) is 5.75 Å². The van der Waals surface area contributed by atoms with Gasteiger partial charge in [0.05, 0.1) is 18.2 Å². The van der Waals surface area contributed by atoms with Crippen LogP contribution >= 0.6 is 0 Å². The van der Waals surface area contributed by atoms with Gasteiger partial charge in [0.15, 0.2) is 0 Å². The van der Waals surface area contributed by atoms with E-state index in [1.54, 1.807) is 24.3 Å². The van der Waals surface area contributed by atoms with Crippen molar-refractivity contribution in [3.05, 3.63) is 29.8 Å². The van der Waals surface area contributed by atoms with Crippen LogP contribution in [0.1, 0.15) is 5.56 Å². The molecule has 1 rings (SSSR count). The molecule has 0 spiro atoms. The van der Waals surface area contributed by atoms with Crippen LogP contribution in [0.4, 0.5) is 0 Å². The van der Waals surface area contributed by atoms with E-state index in [0.717, 1.165) is 0 Å². The number of benzene rings is 1. The third-order valence-corrected chi connectivity index (χ3v) is 1.62. The first kappa shape index (κ1) is 10.5. The summed E-state index contributed by atoms with van der Waals surface area (Å²) in [5.74, 6) is 0.511. The fraction of sp³-hybridized carbons (Fsp3) is 0.300. The van der Waals surface area contributed by atoms with E-state index in [2.05, 4.69) is 0 Å². The highest BCUT2D eigenvalue weighted by Gasteiger charge is 2.02. The summed E-state index contributed by atoms with van der Waals surface area (Å²) in [5.41, 5.74) is 0.501. The summed E-state index contributed by atoms with van der Waals surface area (Å²) in [6, 6.07) is 8.59. The highest BCUT2D eigenvalue weighted by atomic mass is 16.5. The first-order valence-electron chi connectivity index (χ1n) is 4.18. The lowest BCUT2D eigenvalue weighted by atomic mass is 10.2. The van der Waals surface area contributed by atoms with Gasteiger partial charge in [-0.1, -0.05) is 6.07 Å². The molecule has 0 aromatic heterocycles. The van der Waals surface area contributed by atoms with Gasteiger partial charge in [-0.15, -0.1) is 0 Å². The molecule has 0 saturated heterocycles. The number of aliphatic hydroxyl groups excluding tert-OH is 2. The van der Waals surface area contributed by atoms with Crippen LogP contribution in [0.3, 0.4) is 0 Å². The summed E-state index contributed by atoms with van der Waals surface area (Å²) in [4.78, 5) is 0. The molecule has 0 saturated carbocycles. The van der Waals surface area contributed by atoms with Crippen molar-refractivity contribution in [1.29, 1.82) is 5.26 Å². The molecule has 1 aromatic carbocycles. The molecule has 0 fully saturated rings. The second-order valence-electron chi connectivity index (χ2n) is 2.79. The summed E-state index contributed by atoms with van der Waals surface area (Å²) < 4.78 is 5.14. The Bertz CT molecular complexity index is 332. The van der Waals surface area contributed by atoms with Crippen LogP contribution in [-0.2, 0) is 0 Å². The number of nitriles is 1. The van der Waals surface area contributed by atoms with Crippen molar-refractivity contribution in [1.82, 2.24) is 0 Å². The number of rotatable bonds is 4. The number of ether oxygens (including phenoxy) is 1. The molecule has 0 bridgehead atoms. The van der Waals surface area contributed by atoms with E-state index >= 15 is 0 Å². The van der Waals surface area contributed by atoms with Crippen molar-refractivity contribution in [3.8, 4) is 11.8 Å². The fourth-order valence-corrected chi connectivity index (χ4v) is 0.901. The zero-order chi connectivity index (χ0) is 10.4. The average molecular weight is 193 g/mol. The number of hydrogen-bond acceptors (Lipinski definition) is 4. The Labute approximate surface area is 82.0 Å². The van der Waals surface area contributed by atoms with Crippen LogP contribution in [0.15, 0.2) is 24.3 Å². The Hall–Kier alpha value is -1.57. The maximum Gasteiger partial charge on any atom is 0.120 e. The van der Waals surface area contributed by atoms with Gasteiger partial charge in [0.2, 0.25) is 0 Å². The van der Waals surface area contributed by atoms with Gasteiger partial charge in [0.25, 0.3) is 0 Å². The first-order valence-corrected chi connectivity index (χ1v) is 4.18. The lowest BCUT2D eigenvalue weighted by molar-refractivity contribution is 0.0536. The Morgan fingerprint density at radius 3 is 2.93 bits per heavy atom. The average Bonchev–Trinajstić information content (AvgIpc) is 2.26. The molecule has 0 aliphatic carbocycles. The molecule has 74 valence electrons. The summed E-state index contributed by atoms with van der Waals surface area (Å²) in [7, 11) is 0. The van der Waals surface area contributed by atoms with Gasteiger partial charge >= 0.3 is 0 Å². The standard InChI is InChI=1S/C10H11NO3/c11-5-8-2-1-3-10(4-8)14-7-9(13)6-12/h1-4,9,12-13H,6-7H2. The molecule has 2 N–H and O–H groups in total. The Kier molecular flexibility index (Phi) is 3.92. The number of nitrogens with zero attached hydrogens (tertiary/aromatic N) is 1. The van der Waals surface area contributed by atoms with E-state index in [1.165, 1.54) is 0 Å². The quantitative estimate of drug-likeness (QED) is 0.720. The highest BCUT2D eigenvalue weighted by molar-refractivity contribution is 5.36. The van der Waals surface area contributed by atoms with Gasteiger partial charge < -0.3 is 14.9 Å². The smallest absolute Gasteiger partial charge is 0.120 e. The molecule has 4 nitrogen and oxygen atoms in total. The molecular formula is C10H11NO3. The minimum atomic E-state index is -0.888. The van der Waals surface area contributed by atoms with Crippen LogP contribution in [0, 0.1) is 11.3 Å². The van der Waals surface area contributed by atoms with Crippen LogP contribution in [0.25, 0.3) is 0 Å². The van der Waals surface area contributed by atoms with Crippen LogP contribution in [-0.4, -0.2) is 29.5 Å². The van der Waals surface area contributed by atoms with Crippen molar-refractivity contribution >= 4 is 0 Å². The number of hydrogen-bond donors (Lipinski definition) is 2. The van der Waals surface area contributed by atoms with Crippen LogP contribution in [0.2, 0.25) is 0 Å². The van der Waals surface area contributed by atoms with Crippen molar-refractivity contribution in [3.63, 3.8) is 0 Å². The normalized spacial score (nSPS) is 11.8. The zero-order valence-electron chi connectivity index (χ0n) is 7.55. The van der Waals surface area contributed by atoms with E-state index in [0.29, 0.717) is 11.3 Å². The SMILES string of the molecule is N#Cc1cccc(OCC(O)CO)c1. The maximum absolute atomic E-state index is 9.01. The molecule has 14 heavy (non-hydrogen) atoms. The minimum absolute atomic E-state index is 0.0192. The van der Waals surface area contributed by atoms with E-state index in [4.69, 9.17) is 20.2 Å². The second-order valence-corrected chi connectivity index (χ2v) is 2.79. The van der Waals surface area contributed by atoms with Crippen molar-refractivity contribution in [2.75, 3.05) is 13.2 Å². The van der Waals surface area contributed by atoms with E-state index in [9.17, 15) is 0 Å².